The van der Waals surface area contributed by atoms with Crippen LogP contribution in [0.5, 0.6) is 5.75 Å². The number of benzene rings is 2. The quantitative estimate of drug-likeness (QED) is 0.727. The molecule has 0 saturated carbocycles. The fraction of sp³-hybridized carbons (Fsp3) is 0. The van der Waals surface area contributed by atoms with Crippen LogP contribution < -0.4 is 0 Å². The third-order valence-corrected chi connectivity index (χ3v) is 2.36. The van der Waals surface area contributed by atoms with Crippen molar-refractivity contribution in [2.75, 3.05) is 0 Å². The Morgan fingerprint density at radius 3 is 2.50 bits per heavy atom. The number of halogens is 1. The highest BCUT2D eigenvalue weighted by molar-refractivity contribution is 6.36. The minimum absolute atomic E-state index is 0.0336. The normalized spacial score (nSPS) is 10.4. The number of aromatic hydroxyl groups is 1. The molecule has 2 aromatic rings. The summed E-state index contributed by atoms with van der Waals surface area (Å²) in [4.78, 5) is 10.4. The molecular formula is C10H6ClNO2. The van der Waals surface area contributed by atoms with Crippen molar-refractivity contribution >= 4 is 28.1 Å². The first-order chi connectivity index (χ1) is 6.74. The van der Waals surface area contributed by atoms with E-state index in [2.05, 4.69) is 5.18 Å². The fourth-order valence-electron chi connectivity index (χ4n) is 1.37. The molecule has 0 bridgehead atoms. The van der Waals surface area contributed by atoms with E-state index in [0.29, 0.717) is 15.8 Å². The van der Waals surface area contributed by atoms with Gasteiger partial charge in [0.15, 0.2) is 11.4 Å². The molecule has 2 rings (SSSR count). The molecule has 70 valence electrons. The molecule has 0 aromatic heterocycles. The van der Waals surface area contributed by atoms with Crippen molar-refractivity contribution < 1.29 is 5.11 Å². The maximum atomic E-state index is 10.4. The summed E-state index contributed by atoms with van der Waals surface area (Å²) in [6, 6.07) is 8.37. The Kier molecular flexibility index (Phi) is 2.09. The first-order valence-corrected chi connectivity index (χ1v) is 4.35. The Morgan fingerprint density at radius 2 is 1.86 bits per heavy atom. The number of nitroso groups, excluding NO2 is 1. The van der Waals surface area contributed by atoms with Crippen molar-refractivity contribution in [2.45, 2.75) is 0 Å². The Balaban J connectivity index is 2.94. The summed E-state index contributed by atoms with van der Waals surface area (Å²) in [6.45, 7) is 0. The topological polar surface area (TPSA) is 49.7 Å². The largest absolute Gasteiger partial charge is 0.505 e. The molecule has 0 unspecified atom stereocenters. The fourth-order valence-corrected chi connectivity index (χ4v) is 1.64. The number of phenols is 1. The van der Waals surface area contributed by atoms with Crippen LogP contribution in [-0.2, 0) is 0 Å². The molecule has 0 heterocycles. The predicted octanol–water partition coefficient (Wildman–Crippen LogP) is 3.60. The standard InChI is InChI=1S/C10H6ClNO2/c11-8-5-9(12-14)10(13)7-4-2-1-3-6(7)8/h1-5,13H. The third kappa shape index (κ3) is 1.22. The number of nitrogens with zero attached hydrogens (tertiary/aromatic N) is 1. The van der Waals surface area contributed by atoms with E-state index in [9.17, 15) is 10.0 Å². The van der Waals surface area contributed by atoms with Crippen LogP contribution in [0, 0.1) is 4.91 Å². The Hall–Kier alpha value is -1.61. The minimum atomic E-state index is -0.125. The molecule has 14 heavy (non-hydrogen) atoms. The van der Waals surface area contributed by atoms with Crippen molar-refractivity contribution in [1.29, 1.82) is 0 Å². The summed E-state index contributed by atoms with van der Waals surface area (Å²) in [7, 11) is 0. The second-order valence-corrected chi connectivity index (χ2v) is 3.27. The van der Waals surface area contributed by atoms with Gasteiger partial charge >= 0.3 is 0 Å². The van der Waals surface area contributed by atoms with E-state index in [1.165, 1.54) is 6.07 Å². The molecule has 1 N–H and O–H groups in total. The van der Waals surface area contributed by atoms with Crippen molar-refractivity contribution in [3.63, 3.8) is 0 Å². The van der Waals surface area contributed by atoms with Gasteiger partial charge < -0.3 is 5.11 Å². The Bertz CT molecular complexity index is 511. The van der Waals surface area contributed by atoms with Gasteiger partial charge in [0, 0.05) is 10.8 Å². The monoisotopic (exact) mass is 207 g/mol. The zero-order valence-corrected chi connectivity index (χ0v) is 7.82. The van der Waals surface area contributed by atoms with E-state index in [1.54, 1.807) is 18.2 Å². The van der Waals surface area contributed by atoms with Crippen LogP contribution in [0.2, 0.25) is 5.02 Å². The van der Waals surface area contributed by atoms with Gasteiger partial charge in [0.1, 0.15) is 0 Å². The second kappa shape index (κ2) is 3.27. The summed E-state index contributed by atoms with van der Waals surface area (Å²) < 4.78 is 0. The number of hydrogen-bond acceptors (Lipinski definition) is 3. The molecule has 0 atom stereocenters. The lowest BCUT2D eigenvalue weighted by Crippen LogP contribution is -1.76. The molecule has 0 fully saturated rings. The van der Waals surface area contributed by atoms with Crippen LogP contribution in [0.1, 0.15) is 0 Å². The highest BCUT2D eigenvalue weighted by Crippen LogP contribution is 2.38. The molecular weight excluding hydrogens is 202 g/mol. The number of phenolic OH excluding ortho intramolecular Hbond substituents is 1. The SMILES string of the molecule is O=Nc1cc(Cl)c2ccccc2c1O. The molecule has 0 amide bonds. The van der Waals surface area contributed by atoms with Gasteiger partial charge in [0.2, 0.25) is 0 Å². The second-order valence-electron chi connectivity index (χ2n) is 2.86. The lowest BCUT2D eigenvalue weighted by atomic mass is 10.1. The van der Waals surface area contributed by atoms with Crippen molar-refractivity contribution in [2.24, 2.45) is 5.18 Å². The van der Waals surface area contributed by atoms with Crippen LogP contribution >= 0.6 is 11.6 Å². The van der Waals surface area contributed by atoms with E-state index in [-0.39, 0.29) is 11.4 Å². The smallest absolute Gasteiger partial charge is 0.152 e. The molecule has 0 radical (unpaired) electrons. The number of fused-ring (bicyclic) bond motifs is 1. The van der Waals surface area contributed by atoms with E-state index in [4.69, 9.17) is 11.6 Å². The first kappa shape index (κ1) is 8.97. The molecule has 0 spiro atoms. The zero-order chi connectivity index (χ0) is 10.1. The molecule has 0 saturated heterocycles. The zero-order valence-electron chi connectivity index (χ0n) is 7.07. The maximum Gasteiger partial charge on any atom is 0.152 e. The van der Waals surface area contributed by atoms with Crippen molar-refractivity contribution in [1.82, 2.24) is 0 Å². The van der Waals surface area contributed by atoms with E-state index < -0.39 is 0 Å². The Labute approximate surface area is 84.9 Å². The van der Waals surface area contributed by atoms with Gasteiger partial charge in [-0.1, -0.05) is 35.9 Å². The van der Waals surface area contributed by atoms with Gasteiger partial charge in [-0.3, -0.25) is 0 Å². The van der Waals surface area contributed by atoms with Gasteiger partial charge in [0.05, 0.1) is 5.02 Å². The van der Waals surface area contributed by atoms with Crippen molar-refractivity contribution in [3.05, 3.63) is 40.3 Å². The summed E-state index contributed by atoms with van der Waals surface area (Å²) in [5.41, 5.74) is -0.0336. The van der Waals surface area contributed by atoms with E-state index in [1.807, 2.05) is 6.07 Å². The maximum absolute atomic E-state index is 10.4. The predicted molar refractivity (Wildman–Crippen MR) is 56.1 cm³/mol. The lowest BCUT2D eigenvalue weighted by molar-refractivity contribution is 0.483. The summed E-state index contributed by atoms with van der Waals surface area (Å²) in [6.07, 6.45) is 0. The summed E-state index contributed by atoms with van der Waals surface area (Å²) >= 11 is 5.90. The minimum Gasteiger partial charge on any atom is -0.505 e. The molecule has 0 aliphatic heterocycles. The van der Waals surface area contributed by atoms with Gasteiger partial charge in [-0.15, -0.1) is 4.91 Å². The molecule has 2 aromatic carbocycles. The average molecular weight is 208 g/mol. The van der Waals surface area contributed by atoms with Crippen LogP contribution in [0.4, 0.5) is 5.69 Å². The van der Waals surface area contributed by atoms with Gasteiger partial charge in [-0.25, -0.2) is 0 Å². The summed E-state index contributed by atoms with van der Waals surface area (Å²) in [5.74, 6) is -0.125. The first-order valence-electron chi connectivity index (χ1n) is 3.97. The highest BCUT2D eigenvalue weighted by Gasteiger charge is 2.09. The third-order valence-electron chi connectivity index (χ3n) is 2.04. The number of hydrogen-bond donors (Lipinski definition) is 1. The molecule has 0 aliphatic carbocycles. The Morgan fingerprint density at radius 1 is 1.21 bits per heavy atom. The molecule has 0 aliphatic rings. The lowest BCUT2D eigenvalue weighted by Gasteiger charge is -2.03. The highest BCUT2D eigenvalue weighted by atomic mass is 35.5. The van der Waals surface area contributed by atoms with Crippen LogP contribution in [0.15, 0.2) is 35.5 Å². The van der Waals surface area contributed by atoms with Crippen molar-refractivity contribution in [3.8, 4) is 5.75 Å². The summed E-state index contributed by atoms with van der Waals surface area (Å²) in [5, 5.41) is 14.0. The van der Waals surface area contributed by atoms with Crippen LogP contribution in [-0.4, -0.2) is 5.11 Å². The van der Waals surface area contributed by atoms with Gasteiger partial charge in [-0.2, -0.15) is 0 Å². The van der Waals surface area contributed by atoms with E-state index >= 15 is 0 Å². The van der Waals surface area contributed by atoms with Gasteiger partial charge in [0.25, 0.3) is 0 Å². The van der Waals surface area contributed by atoms with E-state index in [0.717, 1.165) is 0 Å². The average Bonchev–Trinajstić information content (AvgIpc) is 2.23. The molecule has 3 nitrogen and oxygen atoms in total. The van der Waals surface area contributed by atoms with Crippen LogP contribution in [0.25, 0.3) is 10.8 Å². The number of rotatable bonds is 1. The van der Waals surface area contributed by atoms with Crippen LogP contribution in [0.3, 0.4) is 0 Å². The molecule has 4 heteroatoms. The van der Waals surface area contributed by atoms with Gasteiger partial charge in [-0.05, 0) is 11.2 Å².